The van der Waals surface area contributed by atoms with E-state index in [0.29, 0.717) is 6.42 Å². The highest BCUT2D eigenvalue weighted by molar-refractivity contribution is 5.91. The van der Waals surface area contributed by atoms with Crippen molar-refractivity contribution in [2.45, 2.75) is 32.5 Å². The van der Waals surface area contributed by atoms with E-state index >= 15 is 0 Å². The van der Waals surface area contributed by atoms with Gasteiger partial charge in [0.05, 0.1) is 25.4 Å². The van der Waals surface area contributed by atoms with E-state index in [0.717, 1.165) is 51.6 Å². The van der Waals surface area contributed by atoms with Gasteiger partial charge in [-0.1, -0.05) is 0 Å². The van der Waals surface area contributed by atoms with Crippen LogP contribution >= 0.6 is 0 Å². The molecule has 1 aromatic carbocycles. The Hall–Kier alpha value is -1.63. The number of carbonyl (C=O) groups is 1. The van der Waals surface area contributed by atoms with Crippen molar-refractivity contribution in [1.82, 2.24) is 4.90 Å². The molecule has 0 aliphatic carbocycles. The number of hydrogen-bond acceptors (Lipinski definition) is 5. The van der Waals surface area contributed by atoms with Crippen LogP contribution in [0.3, 0.4) is 0 Å². The maximum atomic E-state index is 12.2. The second-order valence-electron chi connectivity index (χ2n) is 6.96. The average Bonchev–Trinajstić information content (AvgIpc) is 2.61. The van der Waals surface area contributed by atoms with Crippen LogP contribution in [0.1, 0.15) is 20.3 Å². The molecule has 6 nitrogen and oxygen atoms in total. The highest BCUT2D eigenvalue weighted by Gasteiger charge is 2.22. The molecule has 2 aliphatic heterocycles. The fourth-order valence-corrected chi connectivity index (χ4v) is 3.53. The molecule has 2 aliphatic rings. The molecule has 2 heterocycles. The lowest BCUT2D eigenvalue weighted by molar-refractivity contribution is -0.117. The highest BCUT2D eigenvalue weighted by atomic mass is 16.5. The minimum absolute atomic E-state index is 0.0610. The molecule has 0 spiro atoms. The van der Waals surface area contributed by atoms with Gasteiger partial charge in [0.25, 0.3) is 0 Å². The molecule has 0 aromatic heterocycles. The van der Waals surface area contributed by atoms with Crippen molar-refractivity contribution in [3.05, 3.63) is 24.3 Å². The first kappa shape index (κ1) is 18.2. The molecule has 2 fully saturated rings. The van der Waals surface area contributed by atoms with E-state index in [2.05, 4.69) is 41.1 Å². The Balaban J connectivity index is 1.44. The molecule has 1 amide bonds. The first-order valence-corrected chi connectivity index (χ1v) is 9.20. The van der Waals surface area contributed by atoms with Crippen molar-refractivity contribution in [3.8, 4) is 0 Å². The van der Waals surface area contributed by atoms with Crippen LogP contribution in [-0.2, 0) is 14.3 Å². The van der Waals surface area contributed by atoms with Gasteiger partial charge in [-0.05, 0) is 38.1 Å². The summed E-state index contributed by atoms with van der Waals surface area (Å²) in [6, 6.07) is 8.07. The fourth-order valence-electron chi connectivity index (χ4n) is 3.53. The van der Waals surface area contributed by atoms with E-state index in [9.17, 15) is 4.79 Å². The Morgan fingerprint density at radius 2 is 1.76 bits per heavy atom. The lowest BCUT2D eigenvalue weighted by Gasteiger charge is -2.35. The molecule has 6 heteroatoms. The van der Waals surface area contributed by atoms with Crippen molar-refractivity contribution < 1.29 is 14.3 Å². The Morgan fingerprint density at radius 3 is 2.40 bits per heavy atom. The van der Waals surface area contributed by atoms with Gasteiger partial charge in [0.2, 0.25) is 5.91 Å². The second-order valence-corrected chi connectivity index (χ2v) is 6.96. The van der Waals surface area contributed by atoms with Gasteiger partial charge in [-0.2, -0.15) is 0 Å². The van der Waals surface area contributed by atoms with Gasteiger partial charge in [0.15, 0.2) is 0 Å². The number of nitrogens with zero attached hydrogens (tertiary/aromatic N) is 2. The smallest absolute Gasteiger partial charge is 0.225 e. The van der Waals surface area contributed by atoms with Crippen molar-refractivity contribution in [1.29, 1.82) is 0 Å². The molecule has 1 aromatic rings. The lowest BCUT2D eigenvalue weighted by Crippen LogP contribution is -2.46. The molecular formula is C19H29N3O3. The van der Waals surface area contributed by atoms with E-state index in [4.69, 9.17) is 9.47 Å². The summed E-state index contributed by atoms with van der Waals surface area (Å²) in [5, 5.41) is 2.99. The van der Waals surface area contributed by atoms with Gasteiger partial charge in [-0.15, -0.1) is 0 Å². The zero-order valence-electron chi connectivity index (χ0n) is 15.2. The minimum Gasteiger partial charge on any atom is -0.378 e. The van der Waals surface area contributed by atoms with Gasteiger partial charge in [0.1, 0.15) is 0 Å². The normalized spacial score (nSPS) is 25.0. The van der Waals surface area contributed by atoms with Gasteiger partial charge in [-0.3, -0.25) is 9.69 Å². The first-order chi connectivity index (χ1) is 12.1. The summed E-state index contributed by atoms with van der Waals surface area (Å²) >= 11 is 0. The summed E-state index contributed by atoms with van der Waals surface area (Å²) in [7, 11) is 0. The number of carbonyl (C=O) groups excluding carboxylic acids is 1. The van der Waals surface area contributed by atoms with Crippen LogP contribution in [0.2, 0.25) is 0 Å². The van der Waals surface area contributed by atoms with Crippen molar-refractivity contribution in [2.75, 3.05) is 56.2 Å². The number of amides is 1. The van der Waals surface area contributed by atoms with Crippen LogP contribution in [0.15, 0.2) is 24.3 Å². The first-order valence-electron chi connectivity index (χ1n) is 9.20. The molecule has 0 bridgehead atoms. The molecule has 138 valence electrons. The molecule has 3 rings (SSSR count). The minimum atomic E-state index is 0.0610. The van der Waals surface area contributed by atoms with Crippen LogP contribution in [0.5, 0.6) is 0 Å². The van der Waals surface area contributed by atoms with Gasteiger partial charge in [-0.25, -0.2) is 0 Å². The second kappa shape index (κ2) is 8.65. The van der Waals surface area contributed by atoms with Crippen LogP contribution in [0.4, 0.5) is 11.4 Å². The quantitative estimate of drug-likeness (QED) is 0.882. The lowest BCUT2D eigenvalue weighted by atomic mass is 10.2. The van der Waals surface area contributed by atoms with Crippen LogP contribution in [0.25, 0.3) is 0 Å². The zero-order chi connectivity index (χ0) is 17.6. The Labute approximate surface area is 150 Å². The van der Waals surface area contributed by atoms with Gasteiger partial charge >= 0.3 is 0 Å². The van der Waals surface area contributed by atoms with E-state index in [-0.39, 0.29) is 18.1 Å². The summed E-state index contributed by atoms with van der Waals surface area (Å²) in [5.74, 6) is 0.0610. The predicted molar refractivity (Wildman–Crippen MR) is 99.2 cm³/mol. The number of nitrogens with one attached hydrogen (secondary N) is 1. The summed E-state index contributed by atoms with van der Waals surface area (Å²) in [6.07, 6.45) is 0.976. The van der Waals surface area contributed by atoms with Crippen molar-refractivity contribution in [2.24, 2.45) is 0 Å². The fraction of sp³-hybridized carbons (Fsp3) is 0.632. The SMILES string of the molecule is CC1CN(CCC(=O)Nc2ccc(N3CCOCC3)cc2)CC(C)O1. The van der Waals surface area contributed by atoms with E-state index < -0.39 is 0 Å². The topological polar surface area (TPSA) is 54.0 Å². The van der Waals surface area contributed by atoms with Crippen molar-refractivity contribution >= 4 is 17.3 Å². The number of morpholine rings is 2. The molecular weight excluding hydrogens is 318 g/mol. The monoisotopic (exact) mass is 347 g/mol. The Bertz CT molecular complexity index is 548. The van der Waals surface area contributed by atoms with E-state index in [1.807, 2.05) is 12.1 Å². The average molecular weight is 347 g/mol. The maximum Gasteiger partial charge on any atom is 0.225 e. The Morgan fingerprint density at radius 1 is 1.12 bits per heavy atom. The predicted octanol–water partition coefficient (Wildman–Crippen LogP) is 1.96. The number of benzene rings is 1. The number of hydrogen-bond donors (Lipinski definition) is 1. The van der Waals surface area contributed by atoms with Crippen LogP contribution < -0.4 is 10.2 Å². The zero-order valence-corrected chi connectivity index (χ0v) is 15.2. The number of rotatable bonds is 5. The summed E-state index contributed by atoms with van der Waals surface area (Å²) in [5.41, 5.74) is 2.03. The maximum absolute atomic E-state index is 12.2. The van der Waals surface area contributed by atoms with Gasteiger partial charge in [0, 0.05) is 50.5 Å². The standard InChI is InChI=1S/C19H29N3O3/c1-15-13-21(14-16(2)25-15)8-7-19(23)20-17-3-5-18(6-4-17)22-9-11-24-12-10-22/h3-6,15-16H,7-14H2,1-2H3,(H,20,23). The molecule has 2 atom stereocenters. The van der Waals surface area contributed by atoms with Crippen LogP contribution in [0, 0.1) is 0 Å². The molecule has 0 radical (unpaired) electrons. The summed E-state index contributed by atoms with van der Waals surface area (Å²) < 4.78 is 11.1. The largest absolute Gasteiger partial charge is 0.378 e. The molecule has 0 saturated carbocycles. The van der Waals surface area contributed by atoms with E-state index in [1.54, 1.807) is 0 Å². The third kappa shape index (κ3) is 5.42. The number of anilines is 2. The summed E-state index contributed by atoms with van der Waals surface area (Å²) in [6.45, 7) is 10.1. The highest BCUT2D eigenvalue weighted by Crippen LogP contribution is 2.19. The Kier molecular flexibility index (Phi) is 6.29. The number of ether oxygens (including phenoxy) is 2. The van der Waals surface area contributed by atoms with Crippen LogP contribution in [-0.4, -0.2) is 69.0 Å². The molecule has 2 saturated heterocycles. The molecule has 2 unspecified atom stereocenters. The summed E-state index contributed by atoms with van der Waals surface area (Å²) in [4.78, 5) is 16.8. The molecule has 25 heavy (non-hydrogen) atoms. The third-order valence-corrected chi connectivity index (χ3v) is 4.68. The van der Waals surface area contributed by atoms with E-state index in [1.165, 1.54) is 5.69 Å². The molecule has 1 N–H and O–H groups in total. The third-order valence-electron chi connectivity index (χ3n) is 4.68. The van der Waals surface area contributed by atoms with Gasteiger partial charge < -0.3 is 19.7 Å². The van der Waals surface area contributed by atoms with Crippen molar-refractivity contribution in [3.63, 3.8) is 0 Å².